The normalized spacial score (nSPS) is 11.5. The van der Waals surface area contributed by atoms with Gasteiger partial charge in [-0.05, 0) is 95.1 Å². The van der Waals surface area contributed by atoms with E-state index >= 15 is 0 Å². The molecule has 8 aromatic carbocycles. The van der Waals surface area contributed by atoms with E-state index in [0.717, 1.165) is 55.8 Å². The second-order valence-electron chi connectivity index (χ2n) is 13.0. The lowest BCUT2D eigenvalue weighted by Gasteiger charge is -2.25. The van der Waals surface area contributed by atoms with Crippen molar-refractivity contribution in [2.75, 3.05) is 4.90 Å². The third-order valence-corrected chi connectivity index (χ3v) is 9.96. The number of furan rings is 1. The summed E-state index contributed by atoms with van der Waals surface area (Å²) in [7, 11) is 0. The third-order valence-electron chi connectivity index (χ3n) is 9.96. The Morgan fingerprint density at radius 1 is 0.333 bits per heavy atom. The molecule has 0 aliphatic rings. The van der Waals surface area contributed by atoms with E-state index in [-0.39, 0.29) is 0 Å². The number of benzene rings is 8. The van der Waals surface area contributed by atoms with Crippen molar-refractivity contribution in [2.45, 2.75) is 0 Å². The highest BCUT2D eigenvalue weighted by molar-refractivity contribution is 6.09. The summed E-state index contributed by atoms with van der Waals surface area (Å²) in [6.07, 6.45) is 0. The molecule has 240 valence electrons. The van der Waals surface area contributed by atoms with E-state index in [0.29, 0.717) is 0 Å². The molecule has 10 rings (SSSR count). The van der Waals surface area contributed by atoms with Gasteiger partial charge in [0.2, 0.25) is 0 Å². The highest BCUT2D eigenvalue weighted by atomic mass is 16.3. The summed E-state index contributed by atoms with van der Waals surface area (Å²) in [4.78, 5) is 2.29. The maximum Gasteiger partial charge on any atom is 0.137 e. The Morgan fingerprint density at radius 3 is 1.53 bits per heavy atom. The quantitative estimate of drug-likeness (QED) is 0.178. The lowest BCUT2D eigenvalue weighted by Crippen LogP contribution is -2.09. The Morgan fingerprint density at radius 2 is 0.843 bits per heavy atom. The Hall–Kier alpha value is -6.84. The second-order valence-corrected chi connectivity index (χ2v) is 13.0. The fraction of sp³-hybridized carbons (Fsp3) is 0. The van der Waals surface area contributed by atoms with Gasteiger partial charge >= 0.3 is 0 Å². The van der Waals surface area contributed by atoms with E-state index in [4.69, 9.17) is 4.42 Å². The fourth-order valence-electron chi connectivity index (χ4n) is 7.59. The molecule has 0 aliphatic carbocycles. The molecule has 0 spiro atoms. The molecule has 0 saturated heterocycles. The van der Waals surface area contributed by atoms with E-state index in [1.54, 1.807) is 0 Å². The molecule has 3 nitrogen and oxygen atoms in total. The largest absolute Gasteiger partial charge is 0.456 e. The molecular formula is C48H32N2O. The summed E-state index contributed by atoms with van der Waals surface area (Å²) < 4.78 is 8.71. The van der Waals surface area contributed by atoms with Crippen LogP contribution in [0.15, 0.2) is 199 Å². The number of rotatable bonds is 6. The van der Waals surface area contributed by atoms with Crippen LogP contribution in [0.5, 0.6) is 0 Å². The monoisotopic (exact) mass is 652 g/mol. The molecule has 0 N–H and O–H groups in total. The van der Waals surface area contributed by atoms with Crippen LogP contribution in [0.1, 0.15) is 0 Å². The lowest BCUT2D eigenvalue weighted by molar-refractivity contribution is 0.669. The molecule has 0 unspecified atom stereocenters. The summed E-state index contributed by atoms with van der Waals surface area (Å²) >= 11 is 0. The number of aromatic nitrogens is 1. The number of anilines is 3. The van der Waals surface area contributed by atoms with Crippen LogP contribution in [-0.4, -0.2) is 4.57 Å². The molecule has 0 aliphatic heterocycles. The smallest absolute Gasteiger partial charge is 0.137 e. The first-order valence-electron chi connectivity index (χ1n) is 17.3. The minimum absolute atomic E-state index is 0.876. The highest BCUT2D eigenvalue weighted by Gasteiger charge is 2.17. The topological polar surface area (TPSA) is 21.3 Å². The van der Waals surface area contributed by atoms with Crippen molar-refractivity contribution in [2.24, 2.45) is 0 Å². The van der Waals surface area contributed by atoms with Crippen molar-refractivity contribution in [3.8, 4) is 27.9 Å². The van der Waals surface area contributed by atoms with Crippen molar-refractivity contribution in [3.63, 3.8) is 0 Å². The predicted molar refractivity (Wildman–Crippen MR) is 214 cm³/mol. The first kappa shape index (κ1) is 29.1. The zero-order valence-corrected chi connectivity index (χ0v) is 27.8. The van der Waals surface area contributed by atoms with Crippen molar-refractivity contribution >= 4 is 60.8 Å². The van der Waals surface area contributed by atoms with E-state index in [2.05, 4.69) is 191 Å². The van der Waals surface area contributed by atoms with E-state index < -0.39 is 0 Å². The maximum absolute atomic E-state index is 6.31. The van der Waals surface area contributed by atoms with Gasteiger partial charge in [0, 0.05) is 50.4 Å². The van der Waals surface area contributed by atoms with Gasteiger partial charge in [-0.3, -0.25) is 0 Å². The molecule has 51 heavy (non-hydrogen) atoms. The number of nitrogens with zero attached hydrogens (tertiary/aromatic N) is 2. The molecule has 0 bridgehead atoms. The zero-order chi connectivity index (χ0) is 33.7. The number of para-hydroxylation sites is 4. The Labute approximate surface area is 295 Å². The van der Waals surface area contributed by atoms with E-state index in [1.807, 2.05) is 12.1 Å². The van der Waals surface area contributed by atoms with Crippen LogP contribution >= 0.6 is 0 Å². The minimum Gasteiger partial charge on any atom is -0.456 e. The highest BCUT2D eigenvalue weighted by Crippen LogP contribution is 2.40. The van der Waals surface area contributed by atoms with Gasteiger partial charge in [0.05, 0.1) is 11.0 Å². The van der Waals surface area contributed by atoms with Gasteiger partial charge in [0.25, 0.3) is 0 Å². The first-order valence-corrected chi connectivity index (χ1v) is 17.3. The zero-order valence-electron chi connectivity index (χ0n) is 27.8. The molecule has 0 fully saturated rings. The van der Waals surface area contributed by atoms with Gasteiger partial charge in [-0.2, -0.15) is 0 Å². The molecule has 2 aromatic heterocycles. The Bertz CT molecular complexity index is 2790. The Balaban J connectivity index is 1.11. The lowest BCUT2D eigenvalue weighted by atomic mass is 9.97. The maximum atomic E-state index is 6.31. The predicted octanol–water partition coefficient (Wildman–Crippen LogP) is 13.5. The van der Waals surface area contributed by atoms with Gasteiger partial charge in [-0.25, -0.2) is 0 Å². The summed E-state index contributed by atoms with van der Waals surface area (Å²) in [6, 6.07) is 69.2. The van der Waals surface area contributed by atoms with Gasteiger partial charge in [-0.1, -0.05) is 115 Å². The van der Waals surface area contributed by atoms with Crippen molar-refractivity contribution < 1.29 is 4.42 Å². The molecule has 0 amide bonds. The van der Waals surface area contributed by atoms with Crippen LogP contribution < -0.4 is 4.90 Å². The fourth-order valence-corrected chi connectivity index (χ4v) is 7.59. The van der Waals surface area contributed by atoms with Crippen LogP contribution in [-0.2, 0) is 0 Å². The molecule has 0 atom stereocenters. The number of hydrogen-bond donors (Lipinski definition) is 0. The summed E-state index contributed by atoms with van der Waals surface area (Å²) in [5.41, 5.74) is 13.2. The summed E-state index contributed by atoms with van der Waals surface area (Å²) in [6.45, 7) is 0. The standard InChI is InChI=1S/C48H32N2O/c1-3-13-33(14-4-1)35-29-36(31-40(30-35)50-45-20-10-7-17-41(45)42-18-8-11-21-46(42)50)34-23-25-38(26-24-34)49(37-15-5-2-6-16-37)39-27-28-44-43-19-9-12-22-47(43)51-48(44)32-39/h1-32H. The molecular weight excluding hydrogens is 621 g/mol. The average Bonchev–Trinajstić information content (AvgIpc) is 3.74. The summed E-state index contributed by atoms with van der Waals surface area (Å²) in [5, 5.41) is 4.76. The van der Waals surface area contributed by atoms with Crippen molar-refractivity contribution in [1.29, 1.82) is 0 Å². The minimum atomic E-state index is 0.876. The molecule has 10 aromatic rings. The Kier molecular flexibility index (Phi) is 6.81. The van der Waals surface area contributed by atoms with Crippen LogP contribution in [0.25, 0.3) is 71.7 Å². The van der Waals surface area contributed by atoms with Crippen LogP contribution in [0.2, 0.25) is 0 Å². The van der Waals surface area contributed by atoms with Crippen LogP contribution in [0.4, 0.5) is 17.1 Å². The van der Waals surface area contributed by atoms with Gasteiger partial charge < -0.3 is 13.9 Å². The number of fused-ring (bicyclic) bond motifs is 6. The second kappa shape index (κ2) is 11.9. The molecule has 2 heterocycles. The van der Waals surface area contributed by atoms with Gasteiger partial charge in [-0.15, -0.1) is 0 Å². The van der Waals surface area contributed by atoms with Crippen LogP contribution in [0, 0.1) is 0 Å². The third kappa shape index (κ3) is 4.98. The number of hydrogen-bond acceptors (Lipinski definition) is 2. The van der Waals surface area contributed by atoms with Crippen LogP contribution in [0.3, 0.4) is 0 Å². The average molecular weight is 653 g/mol. The van der Waals surface area contributed by atoms with Crippen molar-refractivity contribution in [1.82, 2.24) is 4.57 Å². The first-order chi connectivity index (χ1) is 25.3. The SMILES string of the molecule is c1ccc(-c2cc(-c3ccc(N(c4ccccc4)c4ccc5c(c4)oc4ccccc45)cc3)cc(-n3c4ccccc4c4ccccc43)c2)cc1. The molecule has 3 heteroatoms. The van der Waals surface area contributed by atoms with E-state index in [9.17, 15) is 0 Å². The van der Waals surface area contributed by atoms with Crippen molar-refractivity contribution in [3.05, 3.63) is 194 Å². The molecule has 0 saturated carbocycles. The van der Waals surface area contributed by atoms with Gasteiger partial charge in [0.15, 0.2) is 0 Å². The molecule has 0 radical (unpaired) electrons. The van der Waals surface area contributed by atoms with Gasteiger partial charge in [0.1, 0.15) is 11.2 Å². The summed E-state index contributed by atoms with van der Waals surface area (Å²) in [5.74, 6) is 0. The van der Waals surface area contributed by atoms with E-state index in [1.165, 1.54) is 32.9 Å².